The molecule has 14 unspecified atom stereocenters. The van der Waals surface area contributed by atoms with Crippen LogP contribution in [0.5, 0.6) is 0 Å². The normalized spacial score (nSPS) is 39.1. The number of carbonyl (C=O) groups excluding carboxylic acids is 4. The number of esters is 1. The summed E-state index contributed by atoms with van der Waals surface area (Å²) in [4.78, 5) is 58.0. The molecular formula is C46H73NO12. The second-order valence-corrected chi connectivity index (χ2v) is 17.7. The summed E-state index contributed by atoms with van der Waals surface area (Å²) >= 11 is 0. The van der Waals surface area contributed by atoms with Gasteiger partial charge in [-0.3, -0.25) is 14.4 Å². The number of cyclic esters (lactones) is 1. The lowest BCUT2D eigenvalue weighted by Crippen LogP contribution is -2.64. The third-order valence-electron chi connectivity index (χ3n) is 13.3. The van der Waals surface area contributed by atoms with Crippen LogP contribution in [0.15, 0.2) is 36.0 Å². The van der Waals surface area contributed by atoms with E-state index in [9.17, 15) is 29.4 Å². The summed E-state index contributed by atoms with van der Waals surface area (Å²) in [6.07, 6.45) is 6.72. The van der Waals surface area contributed by atoms with E-state index in [4.69, 9.17) is 28.4 Å². The molecule has 2 bridgehead atoms. The molecule has 3 aliphatic heterocycles. The highest BCUT2D eigenvalue weighted by Gasteiger charge is 2.56. The van der Waals surface area contributed by atoms with E-state index < -0.39 is 77.8 Å². The molecule has 0 spiro atoms. The van der Waals surface area contributed by atoms with Gasteiger partial charge in [0.1, 0.15) is 24.0 Å². The van der Waals surface area contributed by atoms with Crippen LogP contribution in [0.25, 0.3) is 0 Å². The van der Waals surface area contributed by atoms with Gasteiger partial charge in [0.05, 0.1) is 37.1 Å². The van der Waals surface area contributed by atoms with Crippen molar-refractivity contribution in [3.63, 3.8) is 0 Å². The Hall–Kier alpha value is -2.78. The van der Waals surface area contributed by atoms with Gasteiger partial charge in [-0.25, -0.2) is 4.79 Å². The molecular weight excluding hydrogens is 759 g/mol. The molecule has 0 aromatic carbocycles. The molecule has 0 aromatic rings. The Bertz CT molecular complexity index is 1510. The highest BCUT2D eigenvalue weighted by atomic mass is 16.7. The largest absolute Gasteiger partial charge is 0.456 e. The van der Waals surface area contributed by atoms with Crippen molar-refractivity contribution >= 4 is 23.4 Å². The van der Waals surface area contributed by atoms with Gasteiger partial charge in [0.2, 0.25) is 5.79 Å². The Morgan fingerprint density at radius 3 is 2.27 bits per heavy atom. The Morgan fingerprint density at radius 2 is 1.63 bits per heavy atom. The number of Topliss-reactive ketones (excluding diaryl/α,β-unsaturated/α-hetero) is 2. The summed E-state index contributed by atoms with van der Waals surface area (Å²) < 4.78 is 36.1. The van der Waals surface area contributed by atoms with Crippen LogP contribution in [0.1, 0.15) is 112 Å². The van der Waals surface area contributed by atoms with Gasteiger partial charge in [-0.05, 0) is 95.5 Å². The molecule has 334 valence electrons. The SMILES string of the molecule is C=CCOC1CCC(C=C(C)C2OC(=O)C3CCCCN3C(=O)C(=O)C3(O)OC(C(OC)CC(C)CC(C)=CC(CC)C(=O)CC(O)C2C)C(OC)CC3C)CC1OC. The van der Waals surface area contributed by atoms with Gasteiger partial charge in [-0.2, -0.15) is 0 Å². The first-order chi connectivity index (χ1) is 28.0. The van der Waals surface area contributed by atoms with Crippen molar-refractivity contribution in [1.29, 1.82) is 0 Å². The van der Waals surface area contributed by atoms with Crippen LogP contribution >= 0.6 is 0 Å². The van der Waals surface area contributed by atoms with Crippen LogP contribution in [0.4, 0.5) is 0 Å². The van der Waals surface area contributed by atoms with E-state index in [1.807, 2.05) is 26.8 Å². The second-order valence-electron chi connectivity index (χ2n) is 17.7. The van der Waals surface area contributed by atoms with Crippen molar-refractivity contribution in [2.24, 2.45) is 29.6 Å². The minimum absolute atomic E-state index is 0.0380. The van der Waals surface area contributed by atoms with Crippen molar-refractivity contribution in [2.45, 2.75) is 167 Å². The minimum atomic E-state index is -2.50. The van der Waals surface area contributed by atoms with Crippen molar-refractivity contribution in [3.8, 4) is 0 Å². The third kappa shape index (κ3) is 12.0. The number of methoxy groups -OCH3 is 3. The van der Waals surface area contributed by atoms with Gasteiger partial charge in [-0.1, -0.05) is 51.5 Å². The zero-order valence-corrected chi connectivity index (χ0v) is 37.1. The summed E-state index contributed by atoms with van der Waals surface area (Å²) in [7, 11) is 4.74. The molecule has 3 heterocycles. The first-order valence-electron chi connectivity index (χ1n) is 21.9. The number of carbonyl (C=O) groups is 4. The average molecular weight is 832 g/mol. The number of ketones is 2. The van der Waals surface area contributed by atoms with E-state index in [1.54, 1.807) is 27.0 Å². The topological polar surface area (TPSA) is 167 Å². The lowest BCUT2D eigenvalue weighted by Gasteiger charge is -2.47. The molecule has 13 nitrogen and oxygen atoms in total. The Morgan fingerprint density at radius 1 is 0.949 bits per heavy atom. The number of hydrogen-bond donors (Lipinski definition) is 2. The van der Waals surface area contributed by atoms with Gasteiger partial charge >= 0.3 is 5.97 Å². The Balaban J connectivity index is 1.75. The van der Waals surface area contributed by atoms with Crippen molar-refractivity contribution in [2.75, 3.05) is 34.5 Å². The number of allylic oxidation sites excluding steroid dienone is 3. The summed E-state index contributed by atoms with van der Waals surface area (Å²) in [5, 5.41) is 23.8. The molecule has 0 aromatic heterocycles. The molecule has 13 heteroatoms. The van der Waals surface area contributed by atoms with Crippen molar-refractivity contribution in [3.05, 3.63) is 36.0 Å². The smallest absolute Gasteiger partial charge is 0.329 e. The van der Waals surface area contributed by atoms with E-state index in [-0.39, 0.29) is 55.6 Å². The molecule has 1 saturated carbocycles. The molecule has 4 rings (SSSR count). The Labute approximate surface area is 352 Å². The van der Waals surface area contributed by atoms with Gasteiger partial charge in [-0.15, -0.1) is 6.58 Å². The van der Waals surface area contributed by atoms with Gasteiger partial charge < -0.3 is 43.5 Å². The molecule has 0 radical (unpaired) electrons. The maximum absolute atomic E-state index is 14.4. The zero-order chi connectivity index (χ0) is 43.6. The summed E-state index contributed by atoms with van der Waals surface area (Å²) in [6.45, 7) is 15.5. The van der Waals surface area contributed by atoms with Crippen LogP contribution in [0.3, 0.4) is 0 Å². The summed E-state index contributed by atoms with van der Waals surface area (Å²) in [5.41, 5.74) is 1.70. The predicted octanol–water partition coefficient (Wildman–Crippen LogP) is 5.68. The number of hydrogen-bond acceptors (Lipinski definition) is 12. The van der Waals surface area contributed by atoms with Crippen molar-refractivity contribution < 1.29 is 57.8 Å². The second kappa shape index (κ2) is 22.4. The summed E-state index contributed by atoms with van der Waals surface area (Å²) in [5.74, 6) is -7.37. The van der Waals surface area contributed by atoms with E-state index in [1.165, 1.54) is 19.1 Å². The lowest BCUT2D eigenvalue weighted by molar-refractivity contribution is -0.302. The number of aliphatic hydroxyl groups excluding tert-OH is 1. The molecule has 3 fully saturated rings. The van der Waals surface area contributed by atoms with Gasteiger partial charge in [0.15, 0.2) is 0 Å². The van der Waals surface area contributed by atoms with E-state index in [0.29, 0.717) is 50.7 Å². The first kappa shape index (κ1) is 48.9. The van der Waals surface area contributed by atoms with Crippen molar-refractivity contribution in [1.82, 2.24) is 4.90 Å². The number of nitrogens with zero attached hydrogens (tertiary/aromatic N) is 1. The molecule has 59 heavy (non-hydrogen) atoms. The van der Waals surface area contributed by atoms with E-state index in [2.05, 4.69) is 19.6 Å². The predicted molar refractivity (Wildman–Crippen MR) is 222 cm³/mol. The maximum Gasteiger partial charge on any atom is 0.329 e. The van der Waals surface area contributed by atoms with Crippen LogP contribution in [0.2, 0.25) is 0 Å². The Kier molecular flexibility index (Phi) is 18.5. The number of ether oxygens (including phenoxy) is 6. The highest BCUT2D eigenvalue weighted by Crippen LogP contribution is 2.39. The molecule has 2 N–H and O–H groups in total. The number of rotatable bonds is 9. The van der Waals surface area contributed by atoms with E-state index in [0.717, 1.165) is 18.4 Å². The van der Waals surface area contributed by atoms with Crippen LogP contribution in [0, 0.1) is 29.6 Å². The fourth-order valence-electron chi connectivity index (χ4n) is 9.76. The average Bonchev–Trinajstić information content (AvgIpc) is 3.22. The third-order valence-corrected chi connectivity index (χ3v) is 13.3. The zero-order valence-electron chi connectivity index (χ0n) is 37.1. The molecule has 1 aliphatic carbocycles. The lowest BCUT2D eigenvalue weighted by atomic mass is 9.81. The molecule has 1 amide bonds. The van der Waals surface area contributed by atoms with E-state index >= 15 is 0 Å². The fourth-order valence-corrected chi connectivity index (χ4v) is 9.76. The monoisotopic (exact) mass is 832 g/mol. The van der Waals surface area contributed by atoms with Gasteiger partial charge in [0, 0.05) is 52.0 Å². The number of fused-ring (bicyclic) bond motifs is 3. The summed E-state index contributed by atoms with van der Waals surface area (Å²) in [6, 6.07) is -1.12. The van der Waals surface area contributed by atoms with Crippen LogP contribution in [-0.2, 0) is 47.6 Å². The molecule has 14 atom stereocenters. The standard InChI is InChI=1S/C46H73NO12/c1-11-19-57-37-17-16-32(25-38(37)54-8)23-29(5)41-31(7)35(48)26-36(49)33(12-2)21-27(3)20-28(4)22-39(55-9)42-40(56-10)24-30(6)46(53,59-42)43(50)44(51)47-18-14-13-15-34(47)45(52)58-41/h11,21,23,28,30-35,37-42,48,53H,1,12-20,22,24-26H2,2-10H3. The van der Waals surface area contributed by atoms with Gasteiger partial charge in [0.25, 0.3) is 11.7 Å². The fraction of sp³-hybridized carbons (Fsp3) is 0.783. The highest BCUT2D eigenvalue weighted by molar-refractivity contribution is 6.39. The number of amides is 1. The quantitative estimate of drug-likeness (QED) is 0.166. The number of piperidine rings is 1. The molecule has 4 aliphatic rings. The minimum Gasteiger partial charge on any atom is -0.456 e. The van der Waals surface area contributed by atoms with Crippen LogP contribution in [-0.4, -0.2) is 128 Å². The number of aliphatic hydroxyl groups is 2. The maximum atomic E-state index is 14.4. The van der Waals surface area contributed by atoms with Crippen LogP contribution < -0.4 is 0 Å². The molecule has 2 saturated heterocycles. The first-order valence-corrected chi connectivity index (χ1v) is 21.9.